The summed E-state index contributed by atoms with van der Waals surface area (Å²) in [6.07, 6.45) is 0. The fraction of sp³-hybridized carbons (Fsp3) is 0.0625. The Bertz CT molecular complexity index is 883. The lowest BCUT2D eigenvalue weighted by Crippen LogP contribution is -2.16. The van der Waals surface area contributed by atoms with Crippen LogP contribution >= 0.6 is 23.4 Å². The highest BCUT2D eigenvalue weighted by Gasteiger charge is 2.14. The van der Waals surface area contributed by atoms with Crippen molar-refractivity contribution in [2.75, 3.05) is 16.9 Å². The minimum absolute atomic E-state index is 0.0906. The molecule has 0 saturated heterocycles. The Balaban J connectivity index is 1.62. The summed E-state index contributed by atoms with van der Waals surface area (Å²) in [6, 6.07) is 12.6. The monoisotopic (exact) mass is 377 g/mol. The lowest BCUT2D eigenvalue weighted by atomic mass is 10.2. The first-order chi connectivity index (χ1) is 12.0. The average Bonchev–Trinajstić information content (AvgIpc) is 2.97. The molecule has 6 nitrogen and oxygen atoms in total. The van der Waals surface area contributed by atoms with Gasteiger partial charge in [0, 0.05) is 16.3 Å². The van der Waals surface area contributed by atoms with E-state index in [9.17, 15) is 9.18 Å². The van der Waals surface area contributed by atoms with Gasteiger partial charge in [-0.1, -0.05) is 23.4 Å². The fourth-order valence-corrected chi connectivity index (χ4v) is 2.81. The summed E-state index contributed by atoms with van der Waals surface area (Å²) in [5, 5.41) is 11.7. The van der Waals surface area contributed by atoms with E-state index in [1.165, 1.54) is 28.9 Å². The molecule has 1 heterocycles. The standard InChI is InChI=1S/C16H13ClFN5OS/c17-11-3-1-10(2-4-11)15-21-22-16(23(15)19)25-9-14(24)20-13-7-5-12(18)6-8-13/h1-8H,9,19H2,(H,20,24). The molecule has 0 spiro atoms. The summed E-state index contributed by atoms with van der Waals surface area (Å²) >= 11 is 7.01. The van der Waals surface area contributed by atoms with Crippen LogP contribution in [0.1, 0.15) is 0 Å². The maximum Gasteiger partial charge on any atom is 0.234 e. The number of nitrogens with two attached hydrogens (primary N) is 1. The zero-order valence-corrected chi connectivity index (χ0v) is 14.4. The highest BCUT2D eigenvalue weighted by atomic mass is 35.5. The smallest absolute Gasteiger partial charge is 0.234 e. The highest BCUT2D eigenvalue weighted by Crippen LogP contribution is 2.23. The number of aromatic nitrogens is 3. The molecule has 3 aromatic rings. The van der Waals surface area contributed by atoms with Crippen LogP contribution in [0.5, 0.6) is 0 Å². The molecule has 0 unspecified atom stereocenters. The molecule has 3 rings (SSSR count). The molecular weight excluding hydrogens is 365 g/mol. The van der Waals surface area contributed by atoms with E-state index in [-0.39, 0.29) is 17.5 Å². The van der Waals surface area contributed by atoms with Crippen molar-refractivity contribution >= 4 is 35.0 Å². The second-order valence-corrected chi connectivity index (χ2v) is 6.41. The summed E-state index contributed by atoms with van der Waals surface area (Å²) < 4.78 is 14.2. The normalized spacial score (nSPS) is 10.6. The SMILES string of the molecule is Nn1c(SCC(=O)Nc2ccc(F)cc2)nnc1-c1ccc(Cl)cc1. The third-order valence-corrected chi connectivity index (χ3v) is 4.42. The van der Waals surface area contributed by atoms with Gasteiger partial charge in [-0.15, -0.1) is 10.2 Å². The second-order valence-electron chi connectivity index (χ2n) is 5.03. The first-order valence-electron chi connectivity index (χ1n) is 7.17. The number of rotatable bonds is 5. The van der Waals surface area contributed by atoms with E-state index in [0.717, 1.165) is 17.3 Å². The molecule has 0 fully saturated rings. The highest BCUT2D eigenvalue weighted by molar-refractivity contribution is 7.99. The Morgan fingerprint density at radius 2 is 1.84 bits per heavy atom. The van der Waals surface area contributed by atoms with E-state index in [2.05, 4.69) is 15.5 Å². The maximum absolute atomic E-state index is 12.8. The van der Waals surface area contributed by atoms with E-state index in [4.69, 9.17) is 17.4 Å². The number of nitrogens with zero attached hydrogens (tertiary/aromatic N) is 3. The maximum atomic E-state index is 12.8. The zero-order valence-electron chi connectivity index (χ0n) is 12.8. The molecule has 0 aliphatic carbocycles. The summed E-state index contributed by atoms with van der Waals surface area (Å²) in [6.45, 7) is 0. The predicted molar refractivity (Wildman–Crippen MR) is 96.4 cm³/mol. The van der Waals surface area contributed by atoms with Crippen molar-refractivity contribution in [2.24, 2.45) is 0 Å². The van der Waals surface area contributed by atoms with Crippen LogP contribution in [-0.2, 0) is 4.79 Å². The van der Waals surface area contributed by atoms with Crippen LogP contribution in [-0.4, -0.2) is 26.5 Å². The summed E-state index contributed by atoms with van der Waals surface area (Å²) in [4.78, 5) is 12.0. The number of nitrogen functional groups attached to an aromatic ring is 1. The van der Waals surface area contributed by atoms with Crippen molar-refractivity contribution in [1.82, 2.24) is 14.9 Å². The lowest BCUT2D eigenvalue weighted by molar-refractivity contribution is -0.113. The minimum atomic E-state index is -0.363. The molecule has 0 atom stereocenters. The van der Waals surface area contributed by atoms with Gasteiger partial charge in [0.25, 0.3) is 0 Å². The van der Waals surface area contributed by atoms with Gasteiger partial charge in [0.2, 0.25) is 11.1 Å². The van der Waals surface area contributed by atoms with Crippen molar-refractivity contribution in [3.63, 3.8) is 0 Å². The Labute approximate surface area is 152 Å². The Hall–Kier alpha value is -2.58. The summed E-state index contributed by atoms with van der Waals surface area (Å²) in [7, 11) is 0. The number of benzene rings is 2. The molecule has 1 amide bonds. The van der Waals surface area contributed by atoms with E-state index in [1.54, 1.807) is 24.3 Å². The Kier molecular flexibility index (Phi) is 5.20. The second kappa shape index (κ2) is 7.54. The molecular formula is C16H13ClFN5OS. The number of anilines is 1. The average molecular weight is 378 g/mol. The van der Waals surface area contributed by atoms with E-state index >= 15 is 0 Å². The van der Waals surface area contributed by atoms with Crippen LogP contribution in [0, 0.1) is 5.82 Å². The van der Waals surface area contributed by atoms with Gasteiger partial charge in [0.1, 0.15) is 5.82 Å². The van der Waals surface area contributed by atoms with Crippen LogP contribution in [0.15, 0.2) is 53.7 Å². The first kappa shape index (κ1) is 17.2. The molecule has 0 aliphatic rings. The van der Waals surface area contributed by atoms with Gasteiger partial charge in [-0.25, -0.2) is 9.07 Å². The molecule has 3 N–H and O–H groups in total. The van der Waals surface area contributed by atoms with Gasteiger partial charge >= 0.3 is 0 Å². The number of nitrogens with one attached hydrogen (secondary N) is 1. The van der Waals surface area contributed by atoms with Crippen LogP contribution in [0.2, 0.25) is 5.02 Å². The van der Waals surface area contributed by atoms with Crippen molar-refractivity contribution in [2.45, 2.75) is 5.16 Å². The number of thioether (sulfide) groups is 1. The van der Waals surface area contributed by atoms with Crippen LogP contribution in [0.3, 0.4) is 0 Å². The number of hydrogen-bond donors (Lipinski definition) is 2. The predicted octanol–water partition coefficient (Wildman–Crippen LogP) is 3.18. The van der Waals surface area contributed by atoms with Gasteiger partial charge in [-0.05, 0) is 48.5 Å². The zero-order chi connectivity index (χ0) is 17.8. The van der Waals surface area contributed by atoms with Crippen molar-refractivity contribution in [1.29, 1.82) is 0 Å². The van der Waals surface area contributed by atoms with Gasteiger partial charge in [0.05, 0.1) is 5.75 Å². The van der Waals surface area contributed by atoms with Gasteiger partial charge in [0.15, 0.2) is 5.82 Å². The fourth-order valence-electron chi connectivity index (χ4n) is 2.03. The van der Waals surface area contributed by atoms with Crippen LogP contribution in [0.4, 0.5) is 10.1 Å². The number of hydrogen-bond acceptors (Lipinski definition) is 5. The van der Waals surface area contributed by atoms with Crippen LogP contribution in [0.25, 0.3) is 11.4 Å². The number of amides is 1. The molecule has 128 valence electrons. The van der Waals surface area contributed by atoms with Crippen molar-refractivity contribution < 1.29 is 9.18 Å². The van der Waals surface area contributed by atoms with E-state index in [1.807, 2.05) is 0 Å². The van der Waals surface area contributed by atoms with Crippen molar-refractivity contribution in [3.05, 3.63) is 59.4 Å². The van der Waals surface area contributed by atoms with Gasteiger partial charge in [-0.2, -0.15) is 0 Å². The first-order valence-corrected chi connectivity index (χ1v) is 8.54. The number of carbonyl (C=O) groups is 1. The number of carbonyl (C=O) groups excluding carboxylic acids is 1. The Morgan fingerprint density at radius 3 is 2.52 bits per heavy atom. The molecule has 0 radical (unpaired) electrons. The summed E-state index contributed by atoms with van der Waals surface area (Å²) in [5.74, 6) is 5.93. The van der Waals surface area contributed by atoms with E-state index in [0.29, 0.717) is 21.7 Å². The van der Waals surface area contributed by atoms with Gasteiger partial charge in [-0.3, -0.25) is 4.79 Å². The molecule has 1 aromatic heterocycles. The molecule has 2 aromatic carbocycles. The molecule has 9 heteroatoms. The number of halogens is 2. The van der Waals surface area contributed by atoms with Crippen molar-refractivity contribution in [3.8, 4) is 11.4 Å². The lowest BCUT2D eigenvalue weighted by Gasteiger charge is -2.05. The van der Waals surface area contributed by atoms with Crippen LogP contribution < -0.4 is 11.2 Å². The quantitative estimate of drug-likeness (QED) is 0.527. The Morgan fingerprint density at radius 1 is 1.16 bits per heavy atom. The van der Waals surface area contributed by atoms with Gasteiger partial charge < -0.3 is 11.2 Å². The molecule has 25 heavy (non-hydrogen) atoms. The largest absolute Gasteiger partial charge is 0.335 e. The van der Waals surface area contributed by atoms with E-state index < -0.39 is 0 Å². The summed E-state index contributed by atoms with van der Waals surface area (Å²) in [5.41, 5.74) is 1.28. The molecule has 0 saturated carbocycles. The third kappa shape index (κ3) is 4.28. The molecule has 0 bridgehead atoms. The minimum Gasteiger partial charge on any atom is -0.335 e. The third-order valence-electron chi connectivity index (χ3n) is 3.23. The molecule has 0 aliphatic heterocycles. The topological polar surface area (TPSA) is 85.8 Å².